The van der Waals surface area contributed by atoms with Gasteiger partial charge in [-0.25, -0.2) is 4.39 Å². The average Bonchev–Trinajstić information content (AvgIpc) is 2.84. The fourth-order valence-corrected chi connectivity index (χ4v) is 2.94. The van der Waals surface area contributed by atoms with Gasteiger partial charge in [0.1, 0.15) is 5.82 Å². The van der Waals surface area contributed by atoms with E-state index in [0.717, 1.165) is 24.3 Å². The third kappa shape index (κ3) is 3.96. The van der Waals surface area contributed by atoms with Crippen LogP contribution in [-0.4, -0.2) is 6.04 Å². The zero-order valence-corrected chi connectivity index (χ0v) is 11.4. The highest BCUT2D eigenvalue weighted by Gasteiger charge is 2.16. The van der Waals surface area contributed by atoms with Crippen LogP contribution < -0.4 is 5.73 Å². The fraction of sp³-hybridized carbons (Fsp3) is 0.600. The molecule has 0 bridgehead atoms. The van der Waals surface area contributed by atoms with Gasteiger partial charge in [-0.05, 0) is 42.9 Å². The van der Waals surface area contributed by atoms with E-state index in [1.807, 2.05) is 6.07 Å². The van der Waals surface area contributed by atoms with Crippen molar-refractivity contribution in [2.24, 2.45) is 11.7 Å². The Morgan fingerprint density at radius 3 is 2.72 bits per heavy atom. The Hall–Kier alpha value is -0.600. The van der Waals surface area contributed by atoms with E-state index in [4.69, 9.17) is 17.3 Å². The van der Waals surface area contributed by atoms with Crippen molar-refractivity contribution in [3.8, 4) is 0 Å². The lowest BCUT2D eigenvalue weighted by Crippen LogP contribution is -2.23. The average molecular weight is 270 g/mol. The maximum Gasteiger partial charge on any atom is 0.142 e. The molecule has 0 amide bonds. The molecule has 0 aliphatic heterocycles. The second kappa shape index (κ2) is 6.53. The van der Waals surface area contributed by atoms with Gasteiger partial charge in [0.15, 0.2) is 0 Å². The summed E-state index contributed by atoms with van der Waals surface area (Å²) in [4.78, 5) is 0. The topological polar surface area (TPSA) is 26.0 Å². The molecule has 0 aromatic heterocycles. The van der Waals surface area contributed by atoms with Crippen molar-refractivity contribution in [2.75, 3.05) is 0 Å². The Labute approximate surface area is 114 Å². The molecule has 0 saturated heterocycles. The van der Waals surface area contributed by atoms with E-state index >= 15 is 0 Å². The van der Waals surface area contributed by atoms with Crippen molar-refractivity contribution < 1.29 is 4.39 Å². The zero-order chi connectivity index (χ0) is 13.0. The summed E-state index contributed by atoms with van der Waals surface area (Å²) in [6.45, 7) is 0. The summed E-state index contributed by atoms with van der Waals surface area (Å²) in [6.07, 6.45) is 8.47. The van der Waals surface area contributed by atoms with Crippen LogP contribution in [0.4, 0.5) is 4.39 Å². The molecular weight excluding hydrogens is 249 g/mol. The highest BCUT2D eigenvalue weighted by atomic mass is 35.5. The molecular formula is C15H21ClFN. The van der Waals surface area contributed by atoms with Crippen molar-refractivity contribution >= 4 is 11.6 Å². The third-order valence-corrected chi connectivity index (χ3v) is 4.21. The zero-order valence-electron chi connectivity index (χ0n) is 10.7. The standard InChI is InChI=1S/C15H21ClFN/c16-14-8-6-12(10-15(14)17)9-13(18)7-5-11-3-1-2-4-11/h6,8,10-11,13H,1-5,7,9,18H2. The number of hydrogen-bond acceptors (Lipinski definition) is 1. The van der Waals surface area contributed by atoms with E-state index in [0.29, 0.717) is 0 Å². The van der Waals surface area contributed by atoms with Crippen molar-refractivity contribution in [3.63, 3.8) is 0 Å². The molecule has 1 aliphatic rings. The molecule has 1 aliphatic carbocycles. The van der Waals surface area contributed by atoms with Gasteiger partial charge in [0.25, 0.3) is 0 Å². The van der Waals surface area contributed by atoms with Gasteiger partial charge in [0.05, 0.1) is 5.02 Å². The summed E-state index contributed by atoms with van der Waals surface area (Å²) in [5.74, 6) is 0.523. The predicted octanol–water partition coefficient (Wildman–Crippen LogP) is 4.32. The van der Waals surface area contributed by atoms with Crippen molar-refractivity contribution in [3.05, 3.63) is 34.6 Å². The molecule has 1 saturated carbocycles. The molecule has 3 heteroatoms. The van der Waals surface area contributed by atoms with E-state index in [2.05, 4.69) is 0 Å². The smallest absolute Gasteiger partial charge is 0.142 e. The van der Waals surface area contributed by atoms with E-state index < -0.39 is 0 Å². The number of nitrogens with two attached hydrogens (primary N) is 1. The molecule has 0 heterocycles. The lowest BCUT2D eigenvalue weighted by molar-refractivity contribution is 0.447. The Morgan fingerprint density at radius 2 is 2.06 bits per heavy atom. The van der Waals surface area contributed by atoms with Crippen LogP contribution in [0.25, 0.3) is 0 Å². The molecule has 0 radical (unpaired) electrons. The number of rotatable bonds is 5. The first-order chi connectivity index (χ1) is 8.65. The first-order valence-electron chi connectivity index (χ1n) is 6.84. The normalized spacial score (nSPS) is 18.2. The third-order valence-electron chi connectivity index (χ3n) is 3.90. The summed E-state index contributed by atoms with van der Waals surface area (Å²) in [5, 5.41) is 0.179. The Morgan fingerprint density at radius 1 is 1.33 bits per heavy atom. The monoisotopic (exact) mass is 269 g/mol. The maximum absolute atomic E-state index is 13.3. The number of hydrogen-bond donors (Lipinski definition) is 1. The summed E-state index contributed by atoms with van der Waals surface area (Å²) in [6, 6.07) is 5.10. The van der Waals surface area contributed by atoms with Crippen molar-refractivity contribution in [2.45, 2.75) is 51.0 Å². The lowest BCUT2D eigenvalue weighted by atomic mass is 9.95. The van der Waals surface area contributed by atoms with Gasteiger partial charge in [-0.15, -0.1) is 0 Å². The minimum Gasteiger partial charge on any atom is -0.327 e. The van der Waals surface area contributed by atoms with Crippen LogP contribution in [0.5, 0.6) is 0 Å². The summed E-state index contributed by atoms with van der Waals surface area (Å²) < 4.78 is 13.3. The molecule has 18 heavy (non-hydrogen) atoms. The van der Waals surface area contributed by atoms with E-state index in [1.165, 1.54) is 38.2 Å². The van der Waals surface area contributed by atoms with Crippen LogP contribution in [0.15, 0.2) is 18.2 Å². The molecule has 100 valence electrons. The molecule has 1 aromatic carbocycles. The first kappa shape index (κ1) is 13.8. The van der Waals surface area contributed by atoms with Crippen molar-refractivity contribution in [1.82, 2.24) is 0 Å². The molecule has 1 atom stereocenters. The lowest BCUT2D eigenvalue weighted by Gasteiger charge is -2.15. The highest BCUT2D eigenvalue weighted by Crippen LogP contribution is 2.29. The fourth-order valence-electron chi connectivity index (χ4n) is 2.82. The van der Waals surface area contributed by atoms with Gasteiger partial charge in [-0.3, -0.25) is 0 Å². The molecule has 1 nitrogen and oxygen atoms in total. The van der Waals surface area contributed by atoms with E-state index in [1.54, 1.807) is 6.07 Å². The van der Waals surface area contributed by atoms with Crippen LogP contribution in [0.1, 0.15) is 44.1 Å². The summed E-state index contributed by atoms with van der Waals surface area (Å²) in [7, 11) is 0. The quantitative estimate of drug-likeness (QED) is 0.846. The van der Waals surface area contributed by atoms with Gasteiger partial charge >= 0.3 is 0 Å². The van der Waals surface area contributed by atoms with Crippen LogP contribution in [0.3, 0.4) is 0 Å². The van der Waals surface area contributed by atoms with Crippen LogP contribution in [0, 0.1) is 11.7 Å². The molecule has 0 spiro atoms. The second-order valence-electron chi connectivity index (χ2n) is 5.44. The van der Waals surface area contributed by atoms with Gasteiger partial charge in [0, 0.05) is 6.04 Å². The van der Waals surface area contributed by atoms with Gasteiger partial charge in [0.2, 0.25) is 0 Å². The summed E-state index contributed by atoms with van der Waals surface area (Å²) >= 11 is 5.66. The predicted molar refractivity (Wildman–Crippen MR) is 74.3 cm³/mol. The Kier molecular flexibility index (Phi) is 5.02. The molecule has 1 aromatic rings. The minimum absolute atomic E-state index is 0.131. The highest BCUT2D eigenvalue weighted by molar-refractivity contribution is 6.30. The molecule has 2 N–H and O–H groups in total. The number of halogens is 2. The van der Waals surface area contributed by atoms with E-state index in [-0.39, 0.29) is 16.9 Å². The largest absolute Gasteiger partial charge is 0.327 e. The molecule has 1 unspecified atom stereocenters. The van der Waals surface area contributed by atoms with Gasteiger partial charge in [-0.1, -0.05) is 43.4 Å². The Balaban J connectivity index is 1.78. The van der Waals surface area contributed by atoms with Crippen LogP contribution >= 0.6 is 11.6 Å². The first-order valence-corrected chi connectivity index (χ1v) is 7.22. The SMILES string of the molecule is NC(CCC1CCCC1)Cc1ccc(Cl)c(F)c1. The van der Waals surface area contributed by atoms with Gasteiger partial charge in [-0.2, -0.15) is 0 Å². The molecule has 2 rings (SSSR count). The van der Waals surface area contributed by atoms with E-state index in [9.17, 15) is 4.39 Å². The Bertz CT molecular complexity index is 388. The van der Waals surface area contributed by atoms with Crippen molar-refractivity contribution in [1.29, 1.82) is 0 Å². The second-order valence-corrected chi connectivity index (χ2v) is 5.85. The summed E-state index contributed by atoms with van der Waals surface area (Å²) in [5.41, 5.74) is 7.06. The number of benzene rings is 1. The minimum atomic E-state index is -0.350. The van der Waals surface area contributed by atoms with Crippen LogP contribution in [-0.2, 0) is 6.42 Å². The van der Waals surface area contributed by atoms with Gasteiger partial charge < -0.3 is 5.73 Å². The maximum atomic E-state index is 13.3. The van der Waals surface area contributed by atoms with Crippen LogP contribution in [0.2, 0.25) is 5.02 Å². The molecule has 1 fully saturated rings.